The molecule has 7 nitrogen and oxygen atoms in total. The highest BCUT2D eigenvalue weighted by Crippen LogP contribution is 2.45. The molecule has 49 heavy (non-hydrogen) atoms. The maximum atomic E-state index is 12.1. The topological polar surface area (TPSA) is 102 Å². The smallest absolute Gasteiger partial charge is 0.407 e. The van der Waals surface area contributed by atoms with Crippen molar-refractivity contribution in [3.05, 3.63) is 119 Å². The molecule has 0 atom stereocenters. The van der Waals surface area contributed by atoms with Gasteiger partial charge in [0.15, 0.2) is 0 Å². The first-order valence-electron chi connectivity index (χ1n) is 17.6. The molecule has 0 saturated heterocycles. The molecular weight excluding hydrogens is 614 g/mol. The number of fused-ring (bicyclic) bond motifs is 6. The van der Waals surface area contributed by atoms with Gasteiger partial charge in [0.05, 0.1) is 0 Å². The van der Waals surface area contributed by atoms with Crippen LogP contribution in [0.2, 0.25) is 0 Å². The molecule has 0 fully saturated rings. The van der Waals surface area contributed by atoms with Crippen LogP contribution in [0.3, 0.4) is 0 Å². The number of ether oxygens (including phenoxy) is 2. The van der Waals surface area contributed by atoms with E-state index in [4.69, 9.17) is 14.6 Å². The number of hydrogen-bond acceptors (Lipinski definition) is 5. The van der Waals surface area contributed by atoms with E-state index in [9.17, 15) is 14.4 Å². The van der Waals surface area contributed by atoms with Crippen molar-refractivity contribution in [3.63, 3.8) is 0 Å². The Morgan fingerprint density at radius 3 is 1.33 bits per heavy atom. The minimum atomic E-state index is -0.705. The molecule has 7 heteroatoms. The number of benzene rings is 4. The third-order valence-electron chi connectivity index (χ3n) is 9.35. The van der Waals surface area contributed by atoms with Gasteiger partial charge >= 0.3 is 18.0 Å². The Labute approximate surface area is 289 Å². The van der Waals surface area contributed by atoms with Gasteiger partial charge in [-0.25, -0.2) is 4.79 Å². The van der Waals surface area contributed by atoms with Crippen LogP contribution in [0.15, 0.2) is 97.1 Å². The summed E-state index contributed by atoms with van der Waals surface area (Å²) in [5.74, 6) is -0.671. The van der Waals surface area contributed by atoms with Gasteiger partial charge in [-0.1, -0.05) is 136 Å². The van der Waals surface area contributed by atoms with Crippen molar-refractivity contribution < 1.29 is 29.0 Å². The van der Waals surface area contributed by atoms with Crippen LogP contribution in [0, 0.1) is 0 Å². The molecule has 2 N–H and O–H groups in total. The van der Waals surface area contributed by atoms with Gasteiger partial charge in [0, 0.05) is 31.7 Å². The van der Waals surface area contributed by atoms with Gasteiger partial charge in [0.25, 0.3) is 0 Å². The van der Waals surface area contributed by atoms with E-state index in [-0.39, 0.29) is 30.3 Å². The number of nitrogens with one attached hydrogen (secondary N) is 1. The van der Waals surface area contributed by atoms with Gasteiger partial charge in [-0.05, 0) is 57.3 Å². The number of aliphatic carboxylic acids is 1. The molecule has 0 saturated carbocycles. The van der Waals surface area contributed by atoms with Crippen LogP contribution in [-0.2, 0) is 19.1 Å². The molecule has 0 aromatic heterocycles. The normalized spacial score (nSPS) is 12.5. The van der Waals surface area contributed by atoms with Crippen LogP contribution in [0.4, 0.5) is 4.79 Å². The van der Waals surface area contributed by atoms with Gasteiger partial charge in [-0.3, -0.25) is 9.59 Å². The highest BCUT2D eigenvalue weighted by atomic mass is 16.5. The lowest BCUT2D eigenvalue weighted by atomic mass is 9.98. The van der Waals surface area contributed by atoms with E-state index >= 15 is 0 Å². The lowest BCUT2D eigenvalue weighted by Crippen LogP contribution is -2.27. The zero-order valence-electron chi connectivity index (χ0n) is 28.4. The van der Waals surface area contributed by atoms with Crippen LogP contribution >= 0.6 is 0 Å². The summed E-state index contributed by atoms with van der Waals surface area (Å²) in [6.45, 7) is 2.85. The predicted molar refractivity (Wildman–Crippen MR) is 193 cm³/mol. The Balaban J connectivity index is 0.000000219. The molecule has 256 valence electrons. The summed E-state index contributed by atoms with van der Waals surface area (Å²) in [7, 11) is 0. The highest BCUT2D eigenvalue weighted by Gasteiger charge is 2.30. The Morgan fingerprint density at radius 1 is 0.551 bits per heavy atom. The molecule has 0 heterocycles. The summed E-state index contributed by atoms with van der Waals surface area (Å²) in [6, 6.07) is 33.3. The number of carbonyl (C=O) groups excluding carboxylic acids is 2. The summed E-state index contributed by atoms with van der Waals surface area (Å²) in [5, 5.41) is 11.5. The molecule has 0 unspecified atom stereocenters. The SMILES string of the molecule is CC(=O)OCC1c2ccccc2-c2ccccc21.O=C(O)CCCCCCCCCCNC(=O)OCC1c2ccccc2-c2ccccc21. The summed E-state index contributed by atoms with van der Waals surface area (Å²) >= 11 is 0. The fourth-order valence-corrected chi connectivity index (χ4v) is 6.94. The van der Waals surface area contributed by atoms with E-state index in [1.54, 1.807) is 0 Å². The lowest BCUT2D eigenvalue weighted by Gasteiger charge is -2.14. The number of carboxylic acids is 1. The largest absolute Gasteiger partial charge is 0.481 e. The number of alkyl carbamates (subject to hydrolysis) is 1. The van der Waals surface area contributed by atoms with Crippen molar-refractivity contribution in [2.24, 2.45) is 0 Å². The fourth-order valence-electron chi connectivity index (χ4n) is 6.94. The minimum Gasteiger partial charge on any atom is -0.481 e. The fraction of sp³-hybridized carbons (Fsp3) is 0.357. The molecule has 4 aromatic carbocycles. The molecule has 0 aliphatic heterocycles. The maximum absolute atomic E-state index is 12.1. The Bertz CT molecular complexity index is 1620. The first-order chi connectivity index (χ1) is 23.9. The van der Waals surface area contributed by atoms with E-state index in [1.807, 2.05) is 48.5 Å². The van der Waals surface area contributed by atoms with Gasteiger partial charge in [0.1, 0.15) is 13.2 Å². The second-order valence-corrected chi connectivity index (χ2v) is 12.8. The molecule has 4 aromatic rings. The van der Waals surface area contributed by atoms with Gasteiger partial charge < -0.3 is 19.9 Å². The number of rotatable bonds is 15. The Morgan fingerprint density at radius 2 is 0.918 bits per heavy atom. The first-order valence-corrected chi connectivity index (χ1v) is 17.6. The van der Waals surface area contributed by atoms with Crippen molar-refractivity contribution in [2.45, 2.75) is 76.5 Å². The average Bonchev–Trinajstić information content (AvgIpc) is 3.61. The van der Waals surface area contributed by atoms with Crippen LogP contribution in [-0.4, -0.2) is 42.9 Å². The van der Waals surface area contributed by atoms with E-state index < -0.39 is 5.97 Å². The number of esters is 1. The molecule has 6 rings (SSSR count). The predicted octanol–water partition coefficient (Wildman–Crippen LogP) is 9.48. The summed E-state index contributed by atoms with van der Waals surface area (Å²) in [4.78, 5) is 33.6. The van der Waals surface area contributed by atoms with Crippen LogP contribution in [0.1, 0.15) is 98.8 Å². The molecule has 0 spiro atoms. The third kappa shape index (κ3) is 9.59. The van der Waals surface area contributed by atoms with Gasteiger partial charge in [-0.2, -0.15) is 0 Å². The van der Waals surface area contributed by atoms with Crippen LogP contribution in [0.25, 0.3) is 22.3 Å². The van der Waals surface area contributed by atoms with Crippen LogP contribution in [0.5, 0.6) is 0 Å². The van der Waals surface area contributed by atoms with E-state index in [0.29, 0.717) is 19.8 Å². The third-order valence-corrected chi connectivity index (χ3v) is 9.35. The van der Waals surface area contributed by atoms with Crippen molar-refractivity contribution in [3.8, 4) is 22.3 Å². The second kappa shape index (κ2) is 18.0. The van der Waals surface area contributed by atoms with Crippen molar-refractivity contribution in [1.29, 1.82) is 0 Å². The molecule has 1 amide bonds. The Kier molecular flexibility index (Phi) is 13.0. The maximum Gasteiger partial charge on any atom is 0.407 e. The van der Waals surface area contributed by atoms with Crippen LogP contribution < -0.4 is 5.32 Å². The van der Waals surface area contributed by atoms with Crippen molar-refractivity contribution >= 4 is 18.0 Å². The minimum absolute atomic E-state index is 0.0913. The van der Waals surface area contributed by atoms with Gasteiger partial charge in [0.2, 0.25) is 0 Å². The number of carboxylic acid groups (broad SMARTS) is 1. The molecular formula is C42H47NO6. The summed E-state index contributed by atoms with van der Waals surface area (Å²) < 4.78 is 10.7. The number of hydrogen-bond donors (Lipinski definition) is 2. The zero-order valence-corrected chi connectivity index (χ0v) is 28.4. The van der Waals surface area contributed by atoms with Crippen molar-refractivity contribution in [2.75, 3.05) is 19.8 Å². The summed E-state index contributed by atoms with van der Waals surface area (Å²) in [6.07, 6.45) is 8.30. The highest BCUT2D eigenvalue weighted by molar-refractivity contribution is 5.80. The number of unbranched alkanes of at least 4 members (excludes halogenated alkanes) is 7. The van der Waals surface area contributed by atoms with Gasteiger partial charge in [-0.15, -0.1) is 0 Å². The van der Waals surface area contributed by atoms with Crippen molar-refractivity contribution in [1.82, 2.24) is 5.32 Å². The Hall–Kier alpha value is -4.91. The molecule has 2 aliphatic rings. The van der Waals surface area contributed by atoms with E-state index in [1.165, 1.54) is 51.4 Å². The lowest BCUT2D eigenvalue weighted by molar-refractivity contribution is -0.141. The quantitative estimate of drug-likeness (QED) is 0.0972. The average molecular weight is 662 g/mol. The van der Waals surface area contributed by atoms with E-state index in [2.05, 4.69) is 53.8 Å². The second-order valence-electron chi connectivity index (χ2n) is 12.8. The first kappa shape index (κ1) is 35.4. The zero-order chi connectivity index (χ0) is 34.4. The molecule has 0 radical (unpaired) electrons. The monoisotopic (exact) mass is 661 g/mol. The molecule has 0 bridgehead atoms. The number of amides is 1. The summed E-state index contributed by atoms with van der Waals surface area (Å²) in [5.41, 5.74) is 9.91. The standard InChI is InChI=1S/C26H33NO4.C16H14O2/c28-25(29)17-7-5-3-1-2-4-6-12-18-27-26(30)31-19-24-22-15-10-8-13-20(22)21-14-9-11-16-23(21)24;1-11(17)18-10-16-14-8-4-2-6-12(14)13-7-3-5-9-15(13)16/h8-11,13-16,24H,1-7,12,17-19H2,(H,27,30)(H,28,29);2-9,16H,10H2,1H3. The molecule has 2 aliphatic carbocycles. The van der Waals surface area contributed by atoms with E-state index in [0.717, 1.165) is 51.4 Å². The number of carbonyl (C=O) groups is 3.